The number of likely N-dealkylation sites (tertiary alicyclic amines) is 1. The Balaban J connectivity index is 0.00000461. The fourth-order valence-electron chi connectivity index (χ4n) is 7.76. The number of nitrogens with one attached hydrogen (secondary N) is 2. The van der Waals surface area contributed by atoms with Gasteiger partial charge in [0.05, 0.1) is 12.2 Å². The fraction of sp³-hybridized carbons (Fsp3) is 0.743. The maximum absolute atomic E-state index is 13.8. The van der Waals surface area contributed by atoms with Crippen molar-refractivity contribution in [2.45, 2.75) is 133 Å². The molecule has 2 heterocycles. The number of halogens is 1. The lowest BCUT2D eigenvalue weighted by Gasteiger charge is -2.52. The normalized spacial score (nSPS) is 23.4. The minimum absolute atomic E-state index is 0. The van der Waals surface area contributed by atoms with Crippen molar-refractivity contribution in [1.29, 1.82) is 0 Å². The van der Waals surface area contributed by atoms with Crippen LogP contribution in [0.3, 0.4) is 0 Å². The molecule has 10 heteroatoms. The number of piperidine rings is 1. The second-order valence-corrected chi connectivity index (χ2v) is 13.8. The first-order valence-electron chi connectivity index (χ1n) is 17.4. The van der Waals surface area contributed by atoms with Crippen LogP contribution in [0.2, 0.25) is 0 Å². The van der Waals surface area contributed by atoms with Gasteiger partial charge in [0.2, 0.25) is 11.8 Å². The second kappa shape index (κ2) is 16.5. The molecule has 0 unspecified atom stereocenters. The Kier molecular flexibility index (Phi) is 13.0. The van der Waals surface area contributed by atoms with E-state index in [9.17, 15) is 19.5 Å². The van der Waals surface area contributed by atoms with Gasteiger partial charge >= 0.3 is 0 Å². The molecule has 1 atom stereocenters. The van der Waals surface area contributed by atoms with Crippen LogP contribution in [0.5, 0.6) is 5.75 Å². The van der Waals surface area contributed by atoms with Gasteiger partial charge in [-0.1, -0.05) is 45.4 Å². The Hall–Kier alpha value is -2.36. The van der Waals surface area contributed by atoms with Crippen LogP contribution in [0.1, 0.15) is 120 Å². The van der Waals surface area contributed by atoms with E-state index in [1.807, 2.05) is 29.2 Å². The summed E-state index contributed by atoms with van der Waals surface area (Å²) in [5.74, 6) is 0.724. The van der Waals surface area contributed by atoms with Crippen LogP contribution in [0.25, 0.3) is 0 Å². The number of carbonyl (C=O) groups is 3. The number of benzene rings is 1. The molecule has 45 heavy (non-hydrogen) atoms. The Bertz CT molecular complexity index is 1110. The number of rotatable bonds is 13. The van der Waals surface area contributed by atoms with Crippen molar-refractivity contribution < 1.29 is 24.2 Å². The third-order valence-corrected chi connectivity index (χ3v) is 10.5. The van der Waals surface area contributed by atoms with Crippen molar-refractivity contribution in [3.8, 4) is 5.75 Å². The second-order valence-electron chi connectivity index (χ2n) is 13.8. The molecule has 2 aliphatic carbocycles. The molecule has 9 nitrogen and oxygen atoms in total. The largest absolute Gasteiger partial charge is 0.494 e. The fourth-order valence-corrected chi connectivity index (χ4v) is 7.76. The minimum Gasteiger partial charge on any atom is -0.494 e. The van der Waals surface area contributed by atoms with Crippen LogP contribution < -0.4 is 15.4 Å². The third kappa shape index (κ3) is 8.92. The van der Waals surface area contributed by atoms with Crippen LogP contribution in [0.4, 0.5) is 0 Å². The maximum Gasteiger partial charge on any atom is 0.251 e. The summed E-state index contributed by atoms with van der Waals surface area (Å²) < 4.78 is 5.94. The van der Waals surface area contributed by atoms with Gasteiger partial charge in [0.25, 0.3) is 5.91 Å². The molecule has 0 radical (unpaired) electrons. The van der Waals surface area contributed by atoms with Gasteiger partial charge in [-0.2, -0.15) is 0 Å². The number of piperazine rings is 1. The topological polar surface area (TPSA) is 111 Å². The average molecular weight is 647 g/mol. The highest BCUT2D eigenvalue weighted by Gasteiger charge is 2.54. The van der Waals surface area contributed by atoms with Crippen LogP contribution >= 0.6 is 12.4 Å². The van der Waals surface area contributed by atoms with Crippen molar-refractivity contribution in [3.63, 3.8) is 0 Å². The van der Waals surface area contributed by atoms with Gasteiger partial charge in [0.1, 0.15) is 17.3 Å². The van der Waals surface area contributed by atoms with Gasteiger partial charge in [0.15, 0.2) is 0 Å². The van der Waals surface area contributed by atoms with E-state index in [4.69, 9.17) is 4.74 Å². The third-order valence-electron chi connectivity index (χ3n) is 10.5. The lowest BCUT2D eigenvalue weighted by atomic mass is 9.77. The summed E-state index contributed by atoms with van der Waals surface area (Å²) in [6, 6.07) is 7.09. The van der Waals surface area contributed by atoms with Crippen LogP contribution in [0, 0.1) is 0 Å². The molecule has 252 valence electrons. The average Bonchev–Trinajstić information content (AvgIpc) is 3.54. The standard InChI is InChI=1S/C35H54N4O5.ClH/c1-2-3-22-39-32(41)30(26-34(43)17-7-4-8-18-34)37-33(42)35(39)19-23-38(24-20-35)21-9-10-25-44-29-15-13-27(14-16-29)31(40)36-28-11-5-6-12-28;/h13-16,28,30,43H,2-12,17-26H2,1H3,(H,36,40)(H,37,42);1H/t30-;/m1./s1. The van der Waals surface area contributed by atoms with E-state index in [0.29, 0.717) is 56.9 Å². The van der Waals surface area contributed by atoms with Crippen LogP contribution in [-0.2, 0) is 9.59 Å². The Labute approximate surface area is 275 Å². The monoisotopic (exact) mass is 646 g/mol. The molecular formula is C35H55ClN4O5. The van der Waals surface area contributed by atoms with E-state index < -0.39 is 17.2 Å². The molecule has 2 saturated heterocycles. The van der Waals surface area contributed by atoms with Crippen molar-refractivity contribution >= 4 is 30.1 Å². The number of amides is 3. The first-order valence-corrected chi connectivity index (χ1v) is 17.4. The van der Waals surface area contributed by atoms with Gasteiger partial charge in [-0.25, -0.2) is 0 Å². The zero-order chi connectivity index (χ0) is 31.0. The molecule has 3 amide bonds. The van der Waals surface area contributed by atoms with Crippen molar-refractivity contribution in [1.82, 2.24) is 20.4 Å². The highest BCUT2D eigenvalue weighted by molar-refractivity contribution is 6.00. The number of ether oxygens (including phenoxy) is 1. The lowest BCUT2D eigenvalue weighted by molar-refractivity contribution is -0.163. The summed E-state index contributed by atoms with van der Waals surface area (Å²) in [5.41, 5.74) is -0.961. The van der Waals surface area contributed by atoms with Crippen molar-refractivity contribution in [3.05, 3.63) is 29.8 Å². The SMILES string of the molecule is CCCCN1C(=O)[C@@H](CC2(O)CCCCC2)NC(=O)C12CCN(CCCCOc1ccc(C(=O)NC3CCCC3)cc1)CC2.Cl. The van der Waals surface area contributed by atoms with Gasteiger partial charge < -0.3 is 30.3 Å². The molecule has 2 saturated carbocycles. The molecule has 0 aromatic heterocycles. The molecule has 4 aliphatic rings. The molecule has 2 aliphatic heterocycles. The predicted molar refractivity (Wildman–Crippen MR) is 178 cm³/mol. The van der Waals surface area contributed by atoms with Gasteiger partial charge in [-0.05, 0) is 88.6 Å². The molecule has 5 rings (SSSR count). The Morgan fingerprint density at radius 2 is 1.64 bits per heavy atom. The molecule has 1 aromatic rings. The molecule has 1 spiro atoms. The van der Waals surface area contributed by atoms with Gasteiger partial charge in [-0.15, -0.1) is 12.4 Å². The molecule has 0 bridgehead atoms. The number of nitrogens with zero attached hydrogens (tertiary/aromatic N) is 2. The van der Waals surface area contributed by atoms with Crippen LogP contribution in [0.15, 0.2) is 24.3 Å². The molecule has 1 aromatic carbocycles. The predicted octanol–water partition coefficient (Wildman–Crippen LogP) is 4.99. The van der Waals surface area contributed by atoms with Crippen molar-refractivity contribution in [2.24, 2.45) is 0 Å². The number of carbonyl (C=O) groups excluding carboxylic acids is 3. The number of aliphatic hydroxyl groups is 1. The smallest absolute Gasteiger partial charge is 0.251 e. The summed E-state index contributed by atoms with van der Waals surface area (Å²) in [6.07, 6.45) is 14.4. The Morgan fingerprint density at radius 3 is 2.31 bits per heavy atom. The van der Waals surface area contributed by atoms with E-state index in [1.165, 1.54) is 12.8 Å². The van der Waals surface area contributed by atoms with Crippen LogP contribution in [-0.4, -0.2) is 88.6 Å². The minimum atomic E-state index is -0.853. The summed E-state index contributed by atoms with van der Waals surface area (Å²) >= 11 is 0. The molecular weight excluding hydrogens is 592 g/mol. The number of hydrogen-bond acceptors (Lipinski definition) is 6. The van der Waals surface area contributed by atoms with Crippen molar-refractivity contribution in [2.75, 3.05) is 32.8 Å². The van der Waals surface area contributed by atoms with E-state index in [-0.39, 0.29) is 30.1 Å². The van der Waals surface area contributed by atoms with Gasteiger partial charge in [0, 0.05) is 37.7 Å². The van der Waals surface area contributed by atoms with E-state index >= 15 is 0 Å². The maximum atomic E-state index is 13.8. The zero-order valence-electron chi connectivity index (χ0n) is 27.2. The van der Waals surface area contributed by atoms with Gasteiger partial charge in [-0.3, -0.25) is 14.4 Å². The van der Waals surface area contributed by atoms with E-state index in [0.717, 1.165) is 83.2 Å². The van der Waals surface area contributed by atoms with E-state index in [2.05, 4.69) is 22.5 Å². The number of hydrogen-bond donors (Lipinski definition) is 3. The zero-order valence-corrected chi connectivity index (χ0v) is 28.0. The molecule has 4 fully saturated rings. The first-order chi connectivity index (χ1) is 21.3. The summed E-state index contributed by atoms with van der Waals surface area (Å²) in [4.78, 5) is 44.2. The summed E-state index contributed by atoms with van der Waals surface area (Å²) in [6.45, 7) is 5.81. The quantitative estimate of drug-likeness (QED) is 0.261. The molecule has 3 N–H and O–H groups in total. The number of unbranched alkanes of at least 4 members (excludes halogenated alkanes) is 2. The summed E-state index contributed by atoms with van der Waals surface area (Å²) in [7, 11) is 0. The highest BCUT2D eigenvalue weighted by atomic mass is 35.5. The summed E-state index contributed by atoms with van der Waals surface area (Å²) in [5, 5.41) is 17.3. The lowest BCUT2D eigenvalue weighted by Crippen LogP contribution is -2.73. The highest BCUT2D eigenvalue weighted by Crippen LogP contribution is 2.37. The van der Waals surface area contributed by atoms with E-state index in [1.54, 1.807) is 0 Å². The Morgan fingerprint density at radius 1 is 0.956 bits per heavy atom. The first kappa shape index (κ1) is 35.5.